The van der Waals surface area contributed by atoms with Crippen LogP contribution in [-0.4, -0.2) is 28.8 Å². The van der Waals surface area contributed by atoms with Gasteiger partial charge in [0.2, 0.25) is 0 Å². The molecule has 5 nitrogen and oxygen atoms in total. The fourth-order valence-corrected chi connectivity index (χ4v) is 4.76. The van der Waals surface area contributed by atoms with Crippen LogP contribution in [0, 0.1) is 0 Å². The van der Waals surface area contributed by atoms with E-state index in [1.54, 1.807) is 30.5 Å². The van der Waals surface area contributed by atoms with E-state index in [1.165, 1.54) is 23.1 Å². The third-order valence-electron chi connectivity index (χ3n) is 5.69. The molecule has 1 aliphatic carbocycles. The fourth-order valence-electron chi connectivity index (χ4n) is 3.81. The van der Waals surface area contributed by atoms with Crippen molar-refractivity contribution in [1.29, 1.82) is 0 Å². The van der Waals surface area contributed by atoms with E-state index >= 15 is 0 Å². The van der Waals surface area contributed by atoms with Gasteiger partial charge in [-0.25, -0.2) is 14.2 Å². The van der Waals surface area contributed by atoms with E-state index in [-0.39, 0.29) is 12.1 Å². The van der Waals surface area contributed by atoms with E-state index in [0.717, 1.165) is 35.5 Å². The molecular formula is C26H27FN2O3S. The highest BCUT2D eigenvalue weighted by Gasteiger charge is 2.23. The molecule has 0 radical (unpaired) electrons. The second kappa shape index (κ2) is 10.7. The number of hydrogen-bond donors (Lipinski definition) is 1. The number of anilines is 1. The van der Waals surface area contributed by atoms with Gasteiger partial charge in [0, 0.05) is 18.1 Å². The zero-order valence-corrected chi connectivity index (χ0v) is 19.4. The molecule has 1 atom stereocenters. The molecule has 1 N–H and O–H groups in total. The van der Waals surface area contributed by atoms with E-state index in [1.807, 2.05) is 29.4 Å². The van der Waals surface area contributed by atoms with Gasteiger partial charge in [-0.15, -0.1) is 0 Å². The normalized spacial score (nSPS) is 13.4. The van der Waals surface area contributed by atoms with Crippen molar-refractivity contribution in [3.63, 3.8) is 0 Å². The van der Waals surface area contributed by atoms with Gasteiger partial charge < -0.3 is 14.1 Å². The largest absolute Gasteiger partial charge is 0.487 e. The molecule has 0 spiro atoms. The molecule has 1 aromatic heterocycles. The standard InChI is InChI=1S/C26H27FN2O3S/c1-2-22(27)16-29(33-25-8-3-4-13-28-25)23-14-20-6-5-7-21(20)15-24(23)32-17-18-9-11-19(12-10-18)26(30)31/h3-4,8-15,22H,2,5-7,16-17H2,1H3,(H,30,31). The zero-order valence-electron chi connectivity index (χ0n) is 18.5. The van der Waals surface area contributed by atoms with Gasteiger partial charge in [-0.2, -0.15) is 0 Å². The smallest absolute Gasteiger partial charge is 0.335 e. The summed E-state index contributed by atoms with van der Waals surface area (Å²) in [7, 11) is 0. The number of halogens is 1. The van der Waals surface area contributed by atoms with Gasteiger partial charge in [-0.3, -0.25) is 0 Å². The maximum absolute atomic E-state index is 14.6. The molecule has 0 bridgehead atoms. The summed E-state index contributed by atoms with van der Waals surface area (Å²) in [6.45, 7) is 2.36. The highest BCUT2D eigenvalue weighted by Crippen LogP contribution is 2.40. The fraction of sp³-hybridized carbons (Fsp3) is 0.308. The lowest BCUT2D eigenvalue weighted by atomic mass is 10.1. The Labute approximate surface area is 197 Å². The first-order chi connectivity index (χ1) is 16.0. The number of aryl methyl sites for hydroxylation is 2. The Morgan fingerprint density at radius 3 is 2.61 bits per heavy atom. The molecule has 1 aliphatic rings. The maximum Gasteiger partial charge on any atom is 0.335 e. The lowest BCUT2D eigenvalue weighted by Gasteiger charge is -2.27. The van der Waals surface area contributed by atoms with Crippen LogP contribution in [0.4, 0.5) is 10.1 Å². The Kier molecular flexibility index (Phi) is 7.50. The molecule has 0 aliphatic heterocycles. The number of ether oxygens (including phenoxy) is 1. The number of nitrogens with zero attached hydrogens (tertiary/aromatic N) is 2. The molecule has 1 heterocycles. The van der Waals surface area contributed by atoms with Crippen molar-refractivity contribution in [2.75, 3.05) is 10.8 Å². The van der Waals surface area contributed by atoms with Gasteiger partial charge in [0.1, 0.15) is 23.6 Å². The quantitative estimate of drug-likeness (QED) is 0.364. The molecule has 0 saturated heterocycles. The average Bonchev–Trinajstić information content (AvgIpc) is 3.30. The molecule has 3 aromatic rings. The number of benzene rings is 2. The minimum atomic E-state index is -0.981. The number of aromatic carboxylic acids is 1. The van der Waals surface area contributed by atoms with Crippen molar-refractivity contribution >= 4 is 23.6 Å². The predicted octanol–water partition coefficient (Wildman–Crippen LogP) is 6.11. The first-order valence-electron chi connectivity index (χ1n) is 11.1. The molecule has 7 heteroatoms. The van der Waals surface area contributed by atoms with Crippen LogP contribution in [0.1, 0.15) is 46.8 Å². The molecule has 2 aromatic carbocycles. The summed E-state index contributed by atoms with van der Waals surface area (Å²) < 4.78 is 22.7. The SMILES string of the molecule is CCC(F)CN(Sc1ccccn1)c1cc2c(cc1OCc1ccc(C(=O)O)cc1)CCC2. The number of fused-ring (bicyclic) bond motifs is 1. The van der Waals surface area contributed by atoms with Crippen molar-refractivity contribution in [2.24, 2.45) is 0 Å². The summed E-state index contributed by atoms with van der Waals surface area (Å²) >= 11 is 1.41. The topological polar surface area (TPSA) is 62.7 Å². The van der Waals surface area contributed by atoms with Crippen LogP contribution in [0.2, 0.25) is 0 Å². The Bertz CT molecular complexity index is 1090. The lowest BCUT2D eigenvalue weighted by Crippen LogP contribution is -2.25. The molecular weight excluding hydrogens is 439 g/mol. The summed E-state index contributed by atoms with van der Waals surface area (Å²) in [6, 6.07) is 16.6. The Balaban J connectivity index is 1.63. The van der Waals surface area contributed by atoms with Crippen molar-refractivity contribution in [3.8, 4) is 5.75 Å². The number of rotatable bonds is 10. The number of carboxylic acid groups (broad SMARTS) is 1. The Morgan fingerprint density at radius 2 is 1.94 bits per heavy atom. The molecule has 0 saturated carbocycles. The second-order valence-electron chi connectivity index (χ2n) is 8.06. The molecule has 0 amide bonds. The van der Waals surface area contributed by atoms with Crippen LogP contribution in [0.3, 0.4) is 0 Å². The molecule has 0 fully saturated rings. The van der Waals surface area contributed by atoms with Gasteiger partial charge in [0.25, 0.3) is 0 Å². The minimum Gasteiger partial charge on any atom is -0.487 e. The van der Waals surface area contributed by atoms with Gasteiger partial charge >= 0.3 is 5.97 Å². The summed E-state index contributed by atoms with van der Waals surface area (Å²) in [5, 5.41) is 9.90. The first kappa shape index (κ1) is 23.1. The molecule has 172 valence electrons. The van der Waals surface area contributed by atoms with Crippen LogP contribution < -0.4 is 9.04 Å². The van der Waals surface area contributed by atoms with Gasteiger partial charge in [0.05, 0.1) is 17.8 Å². The van der Waals surface area contributed by atoms with Gasteiger partial charge in [-0.05, 0) is 78.8 Å². The van der Waals surface area contributed by atoms with E-state index < -0.39 is 12.1 Å². The van der Waals surface area contributed by atoms with Crippen molar-refractivity contribution in [3.05, 3.63) is 83.0 Å². The number of pyridine rings is 1. The van der Waals surface area contributed by atoms with E-state index in [2.05, 4.69) is 17.1 Å². The van der Waals surface area contributed by atoms with E-state index in [9.17, 15) is 9.18 Å². The van der Waals surface area contributed by atoms with E-state index in [4.69, 9.17) is 9.84 Å². The van der Waals surface area contributed by atoms with Crippen molar-refractivity contribution in [1.82, 2.24) is 4.98 Å². The third kappa shape index (κ3) is 5.85. The summed E-state index contributed by atoms with van der Waals surface area (Å²) in [5.41, 5.74) is 4.49. The number of hydrogen-bond acceptors (Lipinski definition) is 5. The number of carboxylic acids is 1. The third-order valence-corrected chi connectivity index (χ3v) is 6.68. The summed E-state index contributed by atoms with van der Waals surface area (Å²) in [5.74, 6) is -0.257. The summed E-state index contributed by atoms with van der Waals surface area (Å²) in [4.78, 5) is 15.5. The highest BCUT2D eigenvalue weighted by molar-refractivity contribution is 8.00. The van der Waals surface area contributed by atoms with Crippen LogP contribution in [0.5, 0.6) is 5.75 Å². The van der Waals surface area contributed by atoms with E-state index in [0.29, 0.717) is 18.8 Å². The lowest BCUT2D eigenvalue weighted by molar-refractivity contribution is 0.0697. The van der Waals surface area contributed by atoms with Crippen LogP contribution in [-0.2, 0) is 19.4 Å². The van der Waals surface area contributed by atoms with Gasteiger partial charge in [-0.1, -0.05) is 25.1 Å². The number of alkyl halides is 1. The summed E-state index contributed by atoms with van der Waals surface area (Å²) in [6.07, 6.45) is 4.29. The van der Waals surface area contributed by atoms with Crippen molar-refractivity contribution < 1.29 is 19.0 Å². The number of aromatic nitrogens is 1. The minimum absolute atomic E-state index is 0.222. The van der Waals surface area contributed by atoms with Gasteiger partial charge in [0.15, 0.2) is 0 Å². The van der Waals surface area contributed by atoms with Crippen molar-refractivity contribution in [2.45, 2.75) is 50.4 Å². The average molecular weight is 467 g/mol. The molecule has 1 unspecified atom stereocenters. The Morgan fingerprint density at radius 1 is 1.18 bits per heavy atom. The molecule has 33 heavy (non-hydrogen) atoms. The van der Waals surface area contributed by atoms with Crippen LogP contribution in [0.15, 0.2) is 65.8 Å². The van der Waals surface area contributed by atoms with Crippen LogP contribution in [0.25, 0.3) is 0 Å². The second-order valence-corrected chi connectivity index (χ2v) is 9.10. The maximum atomic E-state index is 14.6. The number of carbonyl (C=O) groups is 1. The van der Waals surface area contributed by atoms with Crippen LogP contribution >= 0.6 is 11.9 Å². The first-order valence-corrected chi connectivity index (χ1v) is 11.9. The predicted molar refractivity (Wildman–Crippen MR) is 129 cm³/mol. The molecule has 4 rings (SSSR count). The highest BCUT2D eigenvalue weighted by atomic mass is 32.2. The Hall–Kier alpha value is -3.06. The zero-order chi connectivity index (χ0) is 23.2. The monoisotopic (exact) mass is 466 g/mol.